The van der Waals surface area contributed by atoms with E-state index in [1.165, 1.54) is 7.11 Å². The first-order chi connectivity index (χ1) is 7.34. The fourth-order valence-corrected chi connectivity index (χ4v) is 1.43. The van der Waals surface area contributed by atoms with E-state index in [9.17, 15) is 4.79 Å². The molecule has 0 aromatic heterocycles. The van der Waals surface area contributed by atoms with Crippen molar-refractivity contribution >= 4 is 46.7 Å². The molecule has 90 valence electrons. The summed E-state index contributed by atoms with van der Waals surface area (Å²) in [6.07, 6.45) is 2.26. The van der Waals surface area contributed by atoms with Gasteiger partial charge >= 0.3 is 5.97 Å². The molecule has 0 aromatic carbocycles. The summed E-state index contributed by atoms with van der Waals surface area (Å²) in [6, 6.07) is 0. The van der Waals surface area contributed by atoms with Gasteiger partial charge in [-0.25, -0.2) is 4.79 Å². The van der Waals surface area contributed by atoms with Gasteiger partial charge in [0.2, 0.25) is 5.90 Å². The highest BCUT2D eigenvalue weighted by Crippen LogP contribution is 2.30. The van der Waals surface area contributed by atoms with Gasteiger partial charge in [0.05, 0.1) is 7.11 Å². The minimum Gasteiger partial charge on any atom is -0.470 e. The van der Waals surface area contributed by atoms with Crippen molar-refractivity contribution in [1.29, 1.82) is 5.41 Å². The van der Waals surface area contributed by atoms with E-state index in [0.717, 1.165) is 0 Å². The molecule has 0 aliphatic heterocycles. The maximum Gasteiger partial charge on any atom is 0.333 e. The van der Waals surface area contributed by atoms with E-state index in [1.807, 2.05) is 0 Å². The number of ether oxygens (including phenoxy) is 2. The number of halogens is 3. The first-order valence-corrected chi connectivity index (χ1v) is 5.59. The number of hydrogen-bond acceptors (Lipinski definition) is 4. The van der Waals surface area contributed by atoms with Crippen LogP contribution in [0.1, 0.15) is 12.8 Å². The van der Waals surface area contributed by atoms with Crippen LogP contribution < -0.4 is 0 Å². The van der Waals surface area contributed by atoms with Gasteiger partial charge in [0.1, 0.15) is 6.10 Å². The molecule has 0 fully saturated rings. The zero-order chi connectivity index (χ0) is 12.3. The molecular weight excluding hydrogens is 276 g/mol. The molecule has 0 saturated heterocycles. The predicted molar refractivity (Wildman–Crippen MR) is 62.2 cm³/mol. The third-order valence-electron chi connectivity index (χ3n) is 2.06. The first-order valence-electron chi connectivity index (χ1n) is 4.46. The molecule has 1 aliphatic carbocycles. The third kappa shape index (κ3) is 3.54. The highest BCUT2D eigenvalue weighted by Gasteiger charge is 2.32. The van der Waals surface area contributed by atoms with Crippen LogP contribution in [0.4, 0.5) is 0 Å². The van der Waals surface area contributed by atoms with Gasteiger partial charge < -0.3 is 9.47 Å². The summed E-state index contributed by atoms with van der Waals surface area (Å²) in [4.78, 5) is 11.2. The highest BCUT2D eigenvalue weighted by molar-refractivity contribution is 6.76. The predicted octanol–water partition coefficient (Wildman–Crippen LogP) is 2.61. The number of rotatable bonds is 2. The first kappa shape index (κ1) is 13.6. The fourth-order valence-electron chi connectivity index (χ4n) is 1.30. The number of methoxy groups -OCH3 is 1. The van der Waals surface area contributed by atoms with Crippen LogP contribution in [0, 0.1) is 5.41 Å². The molecule has 0 amide bonds. The van der Waals surface area contributed by atoms with Gasteiger partial charge in [-0.05, 0) is 18.9 Å². The van der Waals surface area contributed by atoms with E-state index >= 15 is 0 Å². The SMILES string of the molecule is COC(=O)C1=CC(OC(=N)C(Cl)(Cl)Cl)CC1. The summed E-state index contributed by atoms with van der Waals surface area (Å²) in [5.41, 5.74) is 0.518. The normalized spacial score (nSPS) is 20.2. The molecule has 0 spiro atoms. The van der Waals surface area contributed by atoms with Crippen LogP contribution in [-0.4, -0.2) is 28.9 Å². The number of esters is 1. The summed E-state index contributed by atoms with van der Waals surface area (Å²) in [5, 5.41) is 7.36. The van der Waals surface area contributed by atoms with Gasteiger partial charge in [-0.2, -0.15) is 0 Å². The summed E-state index contributed by atoms with van der Waals surface area (Å²) in [5.74, 6) is -0.851. The summed E-state index contributed by atoms with van der Waals surface area (Å²) >= 11 is 16.4. The number of hydrogen-bond donors (Lipinski definition) is 1. The van der Waals surface area contributed by atoms with E-state index in [0.29, 0.717) is 18.4 Å². The lowest BCUT2D eigenvalue weighted by Gasteiger charge is -2.17. The molecule has 1 atom stereocenters. The lowest BCUT2D eigenvalue weighted by Crippen LogP contribution is -2.25. The molecule has 0 heterocycles. The fraction of sp³-hybridized carbons (Fsp3) is 0.556. The largest absolute Gasteiger partial charge is 0.470 e. The number of carbonyl (C=O) groups is 1. The molecule has 16 heavy (non-hydrogen) atoms. The molecule has 1 N–H and O–H groups in total. The third-order valence-corrected chi connectivity index (χ3v) is 2.57. The molecule has 7 heteroatoms. The maximum atomic E-state index is 11.2. The average Bonchev–Trinajstić information content (AvgIpc) is 2.63. The Kier molecular flexibility index (Phi) is 4.47. The molecule has 0 saturated carbocycles. The van der Waals surface area contributed by atoms with Crippen molar-refractivity contribution in [2.24, 2.45) is 0 Å². The molecule has 4 nitrogen and oxygen atoms in total. The second-order valence-corrected chi connectivity index (χ2v) is 5.49. The van der Waals surface area contributed by atoms with Gasteiger partial charge in [-0.3, -0.25) is 5.41 Å². The average molecular weight is 287 g/mol. The van der Waals surface area contributed by atoms with Gasteiger partial charge in [-0.15, -0.1) is 0 Å². The van der Waals surface area contributed by atoms with Crippen molar-refractivity contribution in [2.45, 2.75) is 22.7 Å². The minimum absolute atomic E-state index is 0.397. The second-order valence-electron chi connectivity index (χ2n) is 3.21. The lowest BCUT2D eigenvalue weighted by atomic mass is 10.2. The molecule has 0 aromatic rings. The van der Waals surface area contributed by atoms with Crippen molar-refractivity contribution in [3.63, 3.8) is 0 Å². The van der Waals surface area contributed by atoms with E-state index in [2.05, 4.69) is 4.74 Å². The quantitative estimate of drug-likeness (QED) is 0.367. The Morgan fingerprint density at radius 3 is 2.69 bits per heavy atom. The zero-order valence-corrected chi connectivity index (χ0v) is 10.7. The van der Waals surface area contributed by atoms with Crippen molar-refractivity contribution < 1.29 is 14.3 Å². The lowest BCUT2D eigenvalue weighted by molar-refractivity contribution is -0.136. The Bertz CT molecular complexity index is 335. The molecule has 1 aliphatic rings. The maximum absolute atomic E-state index is 11.2. The van der Waals surface area contributed by atoms with Crippen LogP contribution in [0.3, 0.4) is 0 Å². The van der Waals surface area contributed by atoms with Crippen molar-refractivity contribution in [3.05, 3.63) is 11.6 Å². The topological polar surface area (TPSA) is 59.4 Å². The molecule has 0 bridgehead atoms. The Morgan fingerprint density at radius 1 is 1.56 bits per heavy atom. The van der Waals surface area contributed by atoms with Gasteiger partial charge in [0.25, 0.3) is 3.79 Å². The van der Waals surface area contributed by atoms with Crippen molar-refractivity contribution in [2.75, 3.05) is 7.11 Å². The molecule has 1 unspecified atom stereocenters. The Morgan fingerprint density at radius 2 is 2.19 bits per heavy atom. The monoisotopic (exact) mass is 285 g/mol. The van der Waals surface area contributed by atoms with E-state index in [-0.39, 0.29) is 0 Å². The van der Waals surface area contributed by atoms with E-state index in [4.69, 9.17) is 44.9 Å². The summed E-state index contributed by atoms with van der Waals surface area (Å²) in [7, 11) is 1.31. The van der Waals surface area contributed by atoms with Crippen LogP contribution in [0.5, 0.6) is 0 Å². The van der Waals surface area contributed by atoms with E-state index < -0.39 is 21.8 Å². The van der Waals surface area contributed by atoms with Crippen LogP contribution >= 0.6 is 34.8 Å². The molecule has 0 radical (unpaired) electrons. The van der Waals surface area contributed by atoms with Gasteiger partial charge in [-0.1, -0.05) is 34.8 Å². The van der Waals surface area contributed by atoms with Crippen LogP contribution in [0.15, 0.2) is 11.6 Å². The van der Waals surface area contributed by atoms with Crippen LogP contribution in [0.25, 0.3) is 0 Å². The minimum atomic E-state index is -1.87. The summed E-state index contributed by atoms with van der Waals surface area (Å²) < 4.78 is 7.79. The number of alkyl halides is 3. The number of carbonyl (C=O) groups excluding carboxylic acids is 1. The Labute approximate surface area is 108 Å². The van der Waals surface area contributed by atoms with Gasteiger partial charge in [0.15, 0.2) is 0 Å². The molecule has 1 rings (SSSR count). The van der Waals surface area contributed by atoms with E-state index in [1.54, 1.807) is 6.08 Å². The summed E-state index contributed by atoms with van der Waals surface area (Å²) in [6.45, 7) is 0. The highest BCUT2D eigenvalue weighted by atomic mass is 35.6. The Hall–Kier alpha value is -0.450. The smallest absolute Gasteiger partial charge is 0.333 e. The molecular formula is C9H10Cl3NO3. The standard InChI is InChI=1S/C9H10Cl3NO3/c1-15-7(14)5-2-3-6(4-5)16-8(13)9(10,11)12/h4,6,13H,2-3H2,1H3. The van der Waals surface area contributed by atoms with Gasteiger partial charge in [0, 0.05) is 5.57 Å². The zero-order valence-electron chi connectivity index (χ0n) is 8.43. The number of nitrogens with one attached hydrogen (secondary N) is 1. The van der Waals surface area contributed by atoms with Crippen molar-refractivity contribution in [1.82, 2.24) is 0 Å². The van der Waals surface area contributed by atoms with Crippen LogP contribution in [0.2, 0.25) is 0 Å². The Balaban J connectivity index is 2.57. The van der Waals surface area contributed by atoms with Crippen LogP contribution in [-0.2, 0) is 14.3 Å². The van der Waals surface area contributed by atoms with Crippen molar-refractivity contribution in [3.8, 4) is 0 Å². The second kappa shape index (κ2) is 5.25.